The molecule has 12 heteroatoms. The molecule has 3 N–H and O–H groups in total. The lowest BCUT2D eigenvalue weighted by Crippen LogP contribution is -2.49. The summed E-state index contributed by atoms with van der Waals surface area (Å²) in [6.07, 6.45) is 0.302. The summed E-state index contributed by atoms with van der Waals surface area (Å²) in [5.41, 5.74) is 0.993. The number of aromatic nitrogens is 1. The van der Waals surface area contributed by atoms with Gasteiger partial charge < -0.3 is 15.0 Å². The number of fused-ring (bicyclic) bond motifs is 1. The van der Waals surface area contributed by atoms with Crippen molar-refractivity contribution in [3.8, 4) is 5.75 Å². The Balaban J connectivity index is 1.42. The van der Waals surface area contributed by atoms with Gasteiger partial charge >= 0.3 is 0 Å². The number of benzene rings is 2. The number of likely N-dealkylation sites (tertiary alicyclic amines) is 1. The van der Waals surface area contributed by atoms with Crippen LogP contribution in [0.4, 0.5) is 27.6 Å². The van der Waals surface area contributed by atoms with Crippen molar-refractivity contribution in [1.29, 1.82) is 0 Å². The standard InChI is InChI=1S/C28H31F5N4O3/c1-40-19-2-3-24-20(14-19)25(17(15-29)16-35-24)21(31)4-5-28(27(38)36-39)6-9-37(10-7-28)11-8-34-26-22(32)12-18(30)13-23(26)33/h2-3,12-14,16,21,34,39H,4-11,15H2,1H3,(H,36,38)/t21-/m1/s1. The lowest BCUT2D eigenvalue weighted by Gasteiger charge is -2.40. The monoisotopic (exact) mass is 566 g/mol. The van der Waals surface area contributed by atoms with Crippen LogP contribution in [0.15, 0.2) is 36.5 Å². The van der Waals surface area contributed by atoms with E-state index >= 15 is 4.39 Å². The first-order valence-corrected chi connectivity index (χ1v) is 12.9. The van der Waals surface area contributed by atoms with Crippen molar-refractivity contribution in [2.45, 2.75) is 38.5 Å². The third-order valence-electron chi connectivity index (χ3n) is 7.67. The van der Waals surface area contributed by atoms with Gasteiger partial charge in [0.25, 0.3) is 0 Å². The van der Waals surface area contributed by atoms with Crippen LogP contribution in [-0.2, 0) is 11.5 Å². The molecule has 2 aromatic carbocycles. The van der Waals surface area contributed by atoms with E-state index in [0.717, 1.165) is 0 Å². The van der Waals surface area contributed by atoms with Gasteiger partial charge in [0.2, 0.25) is 5.91 Å². The van der Waals surface area contributed by atoms with Gasteiger partial charge in [-0.05, 0) is 57.0 Å². The van der Waals surface area contributed by atoms with Crippen molar-refractivity contribution >= 4 is 22.5 Å². The number of hydroxylamine groups is 1. The van der Waals surface area contributed by atoms with Crippen LogP contribution in [0.1, 0.15) is 43.0 Å². The number of halogens is 5. The Morgan fingerprint density at radius 1 is 1.18 bits per heavy atom. The molecule has 1 aromatic heterocycles. The molecule has 0 saturated carbocycles. The minimum absolute atomic E-state index is 0.0954. The van der Waals surface area contributed by atoms with Gasteiger partial charge in [0.1, 0.15) is 30.1 Å². The molecular weight excluding hydrogens is 535 g/mol. The number of carbonyl (C=O) groups is 1. The van der Waals surface area contributed by atoms with Gasteiger partial charge in [-0.15, -0.1) is 0 Å². The average molecular weight is 567 g/mol. The first-order valence-electron chi connectivity index (χ1n) is 12.9. The number of nitrogens with one attached hydrogen (secondary N) is 2. The largest absolute Gasteiger partial charge is 0.497 e. The fourth-order valence-corrected chi connectivity index (χ4v) is 5.35. The molecule has 40 heavy (non-hydrogen) atoms. The van der Waals surface area contributed by atoms with Crippen LogP contribution in [0.2, 0.25) is 0 Å². The number of pyridine rings is 1. The number of hydrogen-bond donors (Lipinski definition) is 3. The van der Waals surface area contributed by atoms with E-state index in [1.54, 1.807) is 23.7 Å². The second-order valence-electron chi connectivity index (χ2n) is 9.95. The van der Waals surface area contributed by atoms with E-state index in [9.17, 15) is 27.6 Å². The highest BCUT2D eigenvalue weighted by atomic mass is 19.2. The van der Waals surface area contributed by atoms with E-state index in [2.05, 4.69) is 10.3 Å². The summed E-state index contributed by atoms with van der Waals surface area (Å²) >= 11 is 0. The Morgan fingerprint density at radius 3 is 2.50 bits per heavy atom. The molecule has 0 spiro atoms. The molecule has 3 aromatic rings. The number of anilines is 1. The van der Waals surface area contributed by atoms with Gasteiger partial charge in [0.05, 0.1) is 18.0 Å². The maximum atomic E-state index is 15.8. The minimum atomic E-state index is -1.60. The van der Waals surface area contributed by atoms with Crippen molar-refractivity contribution in [2.24, 2.45) is 5.41 Å². The molecule has 1 atom stereocenters. The van der Waals surface area contributed by atoms with Crippen LogP contribution < -0.4 is 15.5 Å². The average Bonchev–Trinajstić information content (AvgIpc) is 2.96. The highest BCUT2D eigenvalue weighted by Crippen LogP contribution is 2.41. The van der Waals surface area contributed by atoms with Crippen molar-refractivity contribution in [3.63, 3.8) is 0 Å². The summed E-state index contributed by atoms with van der Waals surface area (Å²) in [7, 11) is 1.47. The molecule has 216 valence electrons. The molecule has 4 rings (SSSR count). The zero-order chi connectivity index (χ0) is 28.9. The SMILES string of the molecule is COc1ccc2ncc(CF)c([C@H](F)CCC3(C(=O)NO)CCN(CCNc4c(F)cc(F)cc4F)CC3)c2c1. The van der Waals surface area contributed by atoms with Gasteiger partial charge in [-0.1, -0.05) is 0 Å². The third kappa shape index (κ3) is 6.28. The normalized spacial score (nSPS) is 16.1. The summed E-state index contributed by atoms with van der Waals surface area (Å²) in [6, 6.07) is 6.13. The van der Waals surface area contributed by atoms with Crippen molar-refractivity contribution in [1.82, 2.24) is 15.4 Å². The second-order valence-corrected chi connectivity index (χ2v) is 9.95. The predicted octanol–water partition coefficient (Wildman–Crippen LogP) is 5.62. The van der Waals surface area contributed by atoms with Gasteiger partial charge in [-0.3, -0.25) is 15.0 Å². The number of carbonyl (C=O) groups excluding carboxylic acids is 1. The molecule has 1 aliphatic heterocycles. The number of ether oxygens (including phenoxy) is 1. The summed E-state index contributed by atoms with van der Waals surface area (Å²) in [4.78, 5) is 18.9. The van der Waals surface area contributed by atoms with E-state index in [1.165, 1.54) is 13.3 Å². The van der Waals surface area contributed by atoms with Crippen LogP contribution in [0.3, 0.4) is 0 Å². The van der Waals surface area contributed by atoms with Crippen molar-refractivity contribution in [3.05, 3.63) is 65.1 Å². The van der Waals surface area contributed by atoms with E-state index in [1.807, 2.05) is 4.90 Å². The fourth-order valence-electron chi connectivity index (χ4n) is 5.35. The maximum Gasteiger partial charge on any atom is 0.249 e. The van der Waals surface area contributed by atoms with Crippen LogP contribution >= 0.6 is 0 Å². The molecular formula is C28H31F5N4O3. The Kier molecular flexibility index (Phi) is 9.41. The molecule has 0 aliphatic carbocycles. The smallest absolute Gasteiger partial charge is 0.249 e. The van der Waals surface area contributed by atoms with Gasteiger partial charge in [0, 0.05) is 47.9 Å². The van der Waals surface area contributed by atoms with Crippen molar-refractivity contribution < 1.29 is 36.7 Å². The Morgan fingerprint density at radius 2 is 1.88 bits per heavy atom. The summed E-state index contributed by atoms with van der Waals surface area (Å²) in [6.45, 7) is 0.448. The Bertz CT molecular complexity index is 1320. The Labute approximate surface area is 228 Å². The number of hydrogen-bond acceptors (Lipinski definition) is 6. The molecule has 1 saturated heterocycles. The summed E-state index contributed by atoms with van der Waals surface area (Å²) in [5, 5.41) is 12.5. The Hall–Kier alpha value is -3.51. The van der Waals surface area contributed by atoms with E-state index in [-0.39, 0.29) is 30.5 Å². The van der Waals surface area contributed by atoms with Crippen LogP contribution in [0.25, 0.3) is 10.9 Å². The minimum Gasteiger partial charge on any atom is -0.497 e. The highest BCUT2D eigenvalue weighted by Gasteiger charge is 2.41. The second kappa shape index (κ2) is 12.8. The van der Waals surface area contributed by atoms with Crippen LogP contribution in [-0.4, -0.2) is 54.3 Å². The molecule has 2 heterocycles. The zero-order valence-corrected chi connectivity index (χ0v) is 22.0. The highest BCUT2D eigenvalue weighted by molar-refractivity contribution is 5.85. The number of rotatable bonds is 11. The molecule has 1 amide bonds. The molecule has 1 fully saturated rings. The van der Waals surface area contributed by atoms with E-state index < -0.39 is 47.3 Å². The van der Waals surface area contributed by atoms with Gasteiger partial charge in [0.15, 0.2) is 11.6 Å². The third-order valence-corrected chi connectivity index (χ3v) is 7.67. The first-order chi connectivity index (χ1) is 19.2. The van der Waals surface area contributed by atoms with Crippen LogP contribution in [0, 0.1) is 22.9 Å². The summed E-state index contributed by atoms with van der Waals surface area (Å²) in [5.74, 6) is -3.23. The molecule has 0 radical (unpaired) electrons. The number of amides is 1. The molecule has 0 bridgehead atoms. The van der Waals surface area contributed by atoms with E-state index in [0.29, 0.717) is 61.3 Å². The number of nitrogens with zero attached hydrogens (tertiary/aromatic N) is 2. The maximum absolute atomic E-state index is 15.8. The first kappa shape index (κ1) is 29.5. The topological polar surface area (TPSA) is 86.7 Å². The lowest BCUT2D eigenvalue weighted by atomic mass is 9.73. The quantitative estimate of drug-likeness (QED) is 0.159. The van der Waals surface area contributed by atoms with Gasteiger partial charge in [-0.25, -0.2) is 27.4 Å². The van der Waals surface area contributed by atoms with Crippen molar-refractivity contribution in [2.75, 3.05) is 38.6 Å². The molecule has 7 nitrogen and oxygen atoms in total. The molecule has 1 aliphatic rings. The van der Waals surface area contributed by atoms with Crippen LogP contribution in [0.5, 0.6) is 5.75 Å². The summed E-state index contributed by atoms with van der Waals surface area (Å²) < 4.78 is 75.7. The lowest BCUT2D eigenvalue weighted by molar-refractivity contribution is -0.143. The number of methoxy groups -OCH3 is 1. The molecule has 0 unspecified atom stereocenters. The number of alkyl halides is 2. The number of piperidine rings is 1. The predicted molar refractivity (Wildman–Crippen MR) is 139 cm³/mol. The van der Waals surface area contributed by atoms with Gasteiger partial charge in [-0.2, -0.15) is 0 Å². The van der Waals surface area contributed by atoms with E-state index in [4.69, 9.17) is 4.74 Å². The fraction of sp³-hybridized carbons (Fsp3) is 0.429. The zero-order valence-electron chi connectivity index (χ0n) is 22.0.